The molecular weight excluding hydrogens is 142 g/mol. The fraction of sp³-hybridized carbons (Fsp3) is 0.250. The first-order valence-electron chi connectivity index (χ1n) is 3.40. The monoisotopic (exact) mass is 153 g/mol. The number of hydrogen-bond acceptors (Lipinski definition) is 3. The van der Waals surface area contributed by atoms with Gasteiger partial charge in [0.25, 0.3) is 0 Å². The molecule has 0 radical (unpaired) electrons. The topological polar surface area (TPSA) is 32.7 Å². The molecule has 0 spiro atoms. The van der Waals surface area contributed by atoms with Crippen molar-refractivity contribution >= 4 is 0 Å². The van der Waals surface area contributed by atoms with E-state index in [4.69, 9.17) is 9.94 Å². The molecule has 0 bridgehead atoms. The van der Waals surface area contributed by atoms with Crippen LogP contribution in [-0.4, -0.2) is 23.0 Å². The Morgan fingerprint density at radius 1 is 1.64 bits per heavy atom. The fourth-order valence-electron chi connectivity index (χ4n) is 0.710. The standard InChI is InChI=1S/C8H11NO2/c1-2-8(10)11-9-6-4-3-5-7-9/h2-6,8,10H,1,7H2/t8-/m0/s1. The van der Waals surface area contributed by atoms with Crippen LogP contribution in [-0.2, 0) is 4.84 Å². The first-order chi connectivity index (χ1) is 5.33. The van der Waals surface area contributed by atoms with Crippen molar-refractivity contribution in [3.05, 3.63) is 37.1 Å². The quantitative estimate of drug-likeness (QED) is 0.481. The molecular formula is C8H11NO2. The van der Waals surface area contributed by atoms with Gasteiger partial charge in [-0.1, -0.05) is 18.7 Å². The second-order valence-corrected chi connectivity index (χ2v) is 2.10. The zero-order valence-electron chi connectivity index (χ0n) is 6.18. The summed E-state index contributed by atoms with van der Waals surface area (Å²) in [6, 6.07) is 0. The van der Waals surface area contributed by atoms with Crippen LogP contribution in [0.4, 0.5) is 0 Å². The van der Waals surface area contributed by atoms with Gasteiger partial charge in [-0.25, -0.2) is 4.84 Å². The van der Waals surface area contributed by atoms with Crippen LogP contribution in [0.5, 0.6) is 0 Å². The third-order valence-electron chi connectivity index (χ3n) is 1.23. The van der Waals surface area contributed by atoms with E-state index in [9.17, 15) is 0 Å². The summed E-state index contributed by atoms with van der Waals surface area (Å²) >= 11 is 0. The number of hydrogen-bond donors (Lipinski definition) is 1. The first kappa shape index (κ1) is 8.04. The lowest BCUT2D eigenvalue weighted by molar-refractivity contribution is -0.214. The maximum atomic E-state index is 8.97. The van der Waals surface area contributed by atoms with E-state index < -0.39 is 6.29 Å². The second-order valence-electron chi connectivity index (χ2n) is 2.10. The van der Waals surface area contributed by atoms with Gasteiger partial charge in [0.15, 0.2) is 6.29 Å². The Bertz CT molecular complexity index is 187. The number of hydroxylamine groups is 2. The Morgan fingerprint density at radius 3 is 3.00 bits per heavy atom. The maximum Gasteiger partial charge on any atom is 0.200 e. The number of aliphatic hydroxyl groups excluding tert-OH is 1. The molecule has 1 rings (SSSR count). The molecule has 1 heterocycles. The van der Waals surface area contributed by atoms with Gasteiger partial charge in [0.2, 0.25) is 0 Å². The van der Waals surface area contributed by atoms with E-state index in [0.29, 0.717) is 6.54 Å². The SMILES string of the molecule is C=C[C@@H](O)ON1C=CC=CC1. The minimum Gasteiger partial charge on any atom is -0.363 e. The predicted molar refractivity (Wildman–Crippen MR) is 42.3 cm³/mol. The third kappa shape index (κ3) is 2.57. The molecule has 0 unspecified atom stereocenters. The summed E-state index contributed by atoms with van der Waals surface area (Å²) in [5.74, 6) is 0. The van der Waals surface area contributed by atoms with Gasteiger partial charge in [-0.2, -0.15) is 0 Å². The van der Waals surface area contributed by atoms with Crippen LogP contribution in [0.15, 0.2) is 37.1 Å². The summed E-state index contributed by atoms with van der Waals surface area (Å²) < 4.78 is 0. The summed E-state index contributed by atoms with van der Waals surface area (Å²) in [6.07, 6.45) is 7.82. The van der Waals surface area contributed by atoms with Gasteiger partial charge >= 0.3 is 0 Å². The minimum atomic E-state index is -0.925. The van der Waals surface area contributed by atoms with Crippen LogP contribution in [0, 0.1) is 0 Å². The van der Waals surface area contributed by atoms with E-state index in [1.165, 1.54) is 11.1 Å². The van der Waals surface area contributed by atoms with Gasteiger partial charge in [-0.3, -0.25) is 5.06 Å². The molecule has 1 atom stereocenters. The van der Waals surface area contributed by atoms with E-state index in [0.717, 1.165) is 0 Å². The van der Waals surface area contributed by atoms with E-state index in [1.807, 2.05) is 18.2 Å². The lowest BCUT2D eigenvalue weighted by Gasteiger charge is -2.21. The van der Waals surface area contributed by atoms with E-state index in [2.05, 4.69) is 6.58 Å². The molecule has 0 fully saturated rings. The van der Waals surface area contributed by atoms with Crippen LogP contribution >= 0.6 is 0 Å². The fourth-order valence-corrected chi connectivity index (χ4v) is 0.710. The van der Waals surface area contributed by atoms with E-state index in [-0.39, 0.29) is 0 Å². The molecule has 11 heavy (non-hydrogen) atoms. The van der Waals surface area contributed by atoms with Crippen molar-refractivity contribution in [3.8, 4) is 0 Å². The van der Waals surface area contributed by atoms with Gasteiger partial charge in [0.1, 0.15) is 0 Å². The lowest BCUT2D eigenvalue weighted by atomic mass is 10.4. The van der Waals surface area contributed by atoms with Gasteiger partial charge < -0.3 is 5.11 Å². The van der Waals surface area contributed by atoms with Crippen molar-refractivity contribution < 1.29 is 9.94 Å². The van der Waals surface area contributed by atoms with Crippen molar-refractivity contribution in [2.45, 2.75) is 6.29 Å². The van der Waals surface area contributed by atoms with Crippen molar-refractivity contribution in [2.24, 2.45) is 0 Å². The molecule has 3 heteroatoms. The smallest absolute Gasteiger partial charge is 0.200 e. The highest BCUT2D eigenvalue weighted by Crippen LogP contribution is 2.01. The molecule has 60 valence electrons. The molecule has 0 aromatic carbocycles. The summed E-state index contributed by atoms with van der Waals surface area (Å²) in [7, 11) is 0. The number of aliphatic hydroxyl groups is 1. The lowest BCUT2D eigenvalue weighted by Crippen LogP contribution is -2.25. The van der Waals surface area contributed by atoms with Crippen LogP contribution < -0.4 is 0 Å². The van der Waals surface area contributed by atoms with Gasteiger partial charge in [-0.15, -0.1) is 0 Å². The van der Waals surface area contributed by atoms with Crippen molar-refractivity contribution in [1.29, 1.82) is 0 Å². The summed E-state index contributed by atoms with van der Waals surface area (Å²) in [6.45, 7) is 4.04. The van der Waals surface area contributed by atoms with E-state index >= 15 is 0 Å². The molecule has 3 nitrogen and oxygen atoms in total. The van der Waals surface area contributed by atoms with Gasteiger partial charge in [-0.05, 0) is 12.2 Å². The highest BCUT2D eigenvalue weighted by Gasteiger charge is 2.04. The Balaban J connectivity index is 2.32. The minimum absolute atomic E-state index is 0.654. The molecule has 1 N–H and O–H groups in total. The van der Waals surface area contributed by atoms with Crippen LogP contribution in [0.2, 0.25) is 0 Å². The Labute approximate surface area is 65.8 Å². The number of allylic oxidation sites excluding steroid dienone is 2. The maximum absolute atomic E-state index is 8.97. The Kier molecular flexibility index (Phi) is 2.89. The van der Waals surface area contributed by atoms with Gasteiger partial charge in [0.05, 0.1) is 6.54 Å². The predicted octanol–water partition coefficient (Wildman–Crippen LogP) is 0.808. The average molecular weight is 153 g/mol. The summed E-state index contributed by atoms with van der Waals surface area (Å²) in [4.78, 5) is 4.97. The Morgan fingerprint density at radius 2 is 2.45 bits per heavy atom. The average Bonchev–Trinajstić information content (AvgIpc) is 2.06. The van der Waals surface area contributed by atoms with Crippen LogP contribution in [0.25, 0.3) is 0 Å². The first-order valence-corrected chi connectivity index (χ1v) is 3.40. The summed E-state index contributed by atoms with van der Waals surface area (Å²) in [5.41, 5.74) is 0. The largest absolute Gasteiger partial charge is 0.363 e. The normalized spacial score (nSPS) is 18.5. The number of rotatable bonds is 3. The molecule has 0 aromatic rings. The van der Waals surface area contributed by atoms with Gasteiger partial charge in [0, 0.05) is 6.20 Å². The van der Waals surface area contributed by atoms with Crippen molar-refractivity contribution in [2.75, 3.05) is 6.54 Å². The molecule has 0 aromatic heterocycles. The third-order valence-corrected chi connectivity index (χ3v) is 1.23. The van der Waals surface area contributed by atoms with Crippen molar-refractivity contribution in [3.63, 3.8) is 0 Å². The molecule has 0 aliphatic carbocycles. The summed E-state index contributed by atoms with van der Waals surface area (Å²) in [5, 5.41) is 10.5. The second kappa shape index (κ2) is 3.95. The van der Waals surface area contributed by atoms with Crippen LogP contribution in [0.3, 0.4) is 0 Å². The Hall–Kier alpha value is -1.06. The highest BCUT2D eigenvalue weighted by atomic mass is 16.7. The zero-order chi connectivity index (χ0) is 8.10. The highest BCUT2D eigenvalue weighted by molar-refractivity contribution is 5.06. The van der Waals surface area contributed by atoms with Crippen LogP contribution in [0.1, 0.15) is 0 Å². The van der Waals surface area contributed by atoms with Crippen molar-refractivity contribution in [1.82, 2.24) is 5.06 Å². The molecule has 0 amide bonds. The molecule has 0 saturated heterocycles. The molecule has 0 saturated carbocycles. The van der Waals surface area contributed by atoms with E-state index in [1.54, 1.807) is 6.20 Å². The molecule has 1 aliphatic heterocycles. The number of nitrogens with zero attached hydrogens (tertiary/aromatic N) is 1. The molecule has 1 aliphatic rings. The zero-order valence-corrected chi connectivity index (χ0v) is 6.18.